The van der Waals surface area contributed by atoms with Crippen molar-refractivity contribution in [2.45, 2.75) is 58.3 Å². The number of piperidine rings is 2. The zero-order valence-electron chi connectivity index (χ0n) is 34.1. The molecule has 1 N–H and O–H groups in total. The molecule has 2 saturated heterocycles. The maximum atomic E-state index is 12.4. The molecule has 2 heterocycles. The van der Waals surface area contributed by atoms with Gasteiger partial charge in [-0.1, -0.05) is 99.8 Å². The molecular formula is C45H53BrCl2K2N3O5. The number of aryl methyl sites for hydroxylation is 2. The van der Waals surface area contributed by atoms with Crippen molar-refractivity contribution in [3.05, 3.63) is 141 Å². The molecule has 2 atom stereocenters. The SMILES string of the molecule is CC#N.O=C(CBr)c1ccc(Cl)cc1.O=C(CN1CCCC(CCc2ccccc2)C1)c1ccc(Cl)cc1.O=CO[O-].[K+].[K].c1ccc(CCC2CCCNC2)cc1. The van der Waals surface area contributed by atoms with E-state index < -0.39 is 0 Å². The van der Waals surface area contributed by atoms with Gasteiger partial charge in [-0.25, -0.2) is 0 Å². The number of carbonyl (C=O) groups excluding carboxylic acids is 3. The average Bonchev–Trinajstić information content (AvgIpc) is 3.24. The van der Waals surface area contributed by atoms with E-state index in [9.17, 15) is 9.59 Å². The van der Waals surface area contributed by atoms with Gasteiger partial charge in [-0.15, -0.1) is 0 Å². The summed E-state index contributed by atoms with van der Waals surface area (Å²) in [6.45, 7) is 6.28. The minimum atomic E-state index is -0.181. The normalized spacial score (nSPS) is 15.3. The number of alkyl halides is 1. The molecule has 0 saturated carbocycles. The average molecular weight is 945 g/mol. The number of carbonyl (C=O) groups is 3. The van der Waals surface area contributed by atoms with E-state index in [1.54, 1.807) is 42.5 Å². The first-order valence-corrected chi connectivity index (χ1v) is 20.8. The first-order valence-electron chi connectivity index (χ1n) is 18.9. The second-order valence-electron chi connectivity index (χ2n) is 13.4. The number of hydrogen-bond donors (Lipinski definition) is 1. The Bertz CT molecular complexity index is 1700. The third kappa shape index (κ3) is 26.7. The molecule has 6 rings (SSSR count). The molecule has 2 aliphatic heterocycles. The summed E-state index contributed by atoms with van der Waals surface area (Å²) in [4.78, 5) is 37.0. The van der Waals surface area contributed by atoms with E-state index >= 15 is 0 Å². The van der Waals surface area contributed by atoms with Crippen LogP contribution in [-0.4, -0.2) is 112 Å². The Kier molecular flexibility index (Phi) is 36.6. The minimum Gasteiger partial charge on any atom is -0.662 e. The van der Waals surface area contributed by atoms with E-state index in [-0.39, 0.29) is 121 Å². The summed E-state index contributed by atoms with van der Waals surface area (Å²) >= 11 is 14.6. The van der Waals surface area contributed by atoms with Crippen LogP contribution in [0.15, 0.2) is 109 Å². The van der Waals surface area contributed by atoms with E-state index in [4.69, 9.17) is 38.5 Å². The van der Waals surface area contributed by atoms with Crippen LogP contribution >= 0.6 is 39.1 Å². The molecule has 4 aromatic rings. The number of hydrogen-bond acceptors (Lipinski definition) is 8. The van der Waals surface area contributed by atoms with Crippen molar-refractivity contribution in [3.63, 3.8) is 0 Å². The predicted octanol–water partition coefficient (Wildman–Crippen LogP) is 5.99. The van der Waals surface area contributed by atoms with Crippen molar-refractivity contribution in [3.8, 4) is 6.07 Å². The second-order valence-corrected chi connectivity index (χ2v) is 14.8. The van der Waals surface area contributed by atoms with Crippen LogP contribution in [0.2, 0.25) is 10.0 Å². The van der Waals surface area contributed by atoms with Gasteiger partial charge in [-0.2, -0.15) is 5.26 Å². The number of nitrogens with zero attached hydrogens (tertiary/aromatic N) is 2. The van der Waals surface area contributed by atoms with Gasteiger partial charge >= 0.3 is 51.4 Å². The van der Waals surface area contributed by atoms with Crippen LogP contribution < -0.4 is 62.0 Å². The number of nitrogens with one attached hydrogen (secondary N) is 1. The summed E-state index contributed by atoms with van der Waals surface area (Å²) in [6.07, 6.45) is 10.2. The largest absolute Gasteiger partial charge is 1.00 e. The van der Waals surface area contributed by atoms with Gasteiger partial charge in [-0.05, 0) is 142 Å². The third-order valence-electron chi connectivity index (χ3n) is 9.23. The van der Waals surface area contributed by atoms with E-state index in [0.717, 1.165) is 31.0 Å². The molecule has 1 radical (unpaired) electrons. The molecule has 2 aliphatic rings. The molecular weight excluding hydrogens is 892 g/mol. The Balaban J connectivity index is 0.000000816. The van der Waals surface area contributed by atoms with Crippen LogP contribution in [0.1, 0.15) is 77.3 Å². The van der Waals surface area contributed by atoms with Gasteiger partial charge in [0.05, 0.1) is 17.9 Å². The molecule has 2 unspecified atom stereocenters. The summed E-state index contributed by atoms with van der Waals surface area (Å²) in [7, 11) is 0. The van der Waals surface area contributed by atoms with Crippen molar-refractivity contribution in [2.24, 2.45) is 11.8 Å². The van der Waals surface area contributed by atoms with E-state index in [0.29, 0.717) is 33.4 Å². The Hall–Kier alpha value is -0.607. The number of Topliss-reactive ketones (excluding diaryl/α,β-unsaturated/α-hetero) is 2. The molecule has 2 fully saturated rings. The molecule has 301 valence electrons. The van der Waals surface area contributed by atoms with Crippen molar-refractivity contribution < 1.29 is 75.9 Å². The Labute approximate surface area is 449 Å². The van der Waals surface area contributed by atoms with Crippen molar-refractivity contribution in [1.29, 1.82) is 5.26 Å². The van der Waals surface area contributed by atoms with E-state index in [2.05, 4.69) is 91.7 Å². The van der Waals surface area contributed by atoms with Gasteiger partial charge in [0, 0.05) is 86.0 Å². The number of benzene rings is 4. The summed E-state index contributed by atoms with van der Waals surface area (Å²) < 4.78 is 0. The zero-order valence-corrected chi connectivity index (χ0v) is 43.4. The summed E-state index contributed by atoms with van der Waals surface area (Å²) in [5.41, 5.74) is 4.34. The van der Waals surface area contributed by atoms with Gasteiger partial charge in [0.2, 0.25) is 0 Å². The van der Waals surface area contributed by atoms with Gasteiger partial charge < -0.3 is 15.5 Å². The van der Waals surface area contributed by atoms with Gasteiger partial charge in [0.25, 0.3) is 6.47 Å². The van der Waals surface area contributed by atoms with Gasteiger partial charge in [0.1, 0.15) is 0 Å². The molecule has 0 bridgehead atoms. The smallest absolute Gasteiger partial charge is 0.662 e. The van der Waals surface area contributed by atoms with Crippen LogP contribution in [0.5, 0.6) is 0 Å². The Morgan fingerprint density at radius 1 is 0.828 bits per heavy atom. The molecule has 13 heteroatoms. The van der Waals surface area contributed by atoms with Gasteiger partial charge in [0.15, 0.2) is 11.6 Å². The third-order valence-corrected chi connectivity index (χ3v) is 10.2. The molecule has 0 aliphatic carbocycles. The van der Waals surface area contributed by atoms with Crippen LogP contribution in [-0.2, 0) is 22.5 Å². The fourth-order valence-corrected chi connectivity index (χ4v) is 6.95. The number of ketones is 2. The number of rotatable bonds is 12. The summed E-state index contributed by atoms with van der Waals surface area (Å²) in [6, 6.07) is 37.3. The Morgan fingerprint density at radius 3 is 1.71 bits per heavy atom. The van der Waals surface area contributed by atoms with E-state index in [1.165, 1.54) is 76.1 Å². The standard InChI is InChI=1S/C21H24ClNO.C13H19N.C8H6BrClO.C2H3N.CH2O3.2K/c22-20-12-10-19(11-13-20)21(24)16-23-14-4-7-18(15-23)9-8-17-5-2-1-3-6-17;1-2-5-12(6-3-1)8-9-13-7-4-10-14-11-13;9-5-8(11)6-1-3-7(10)4-2-6;1-2-3;2-1-4-3;;/h1-3,5-6,10-13,18H,4,7-9,14-16H2;1-3,5-6,13-14H,4,7-11H2;1-4H,5H2;1H3;1,3H;;/q;;;;;;+1/p-1. The van der Waals surface area contributed by atoms with Crippen molar-refractivity contribution in [2.75, 3.05) is 38.1 Å². The van der Waals surface area contributed by atoms with Crippen LogP contribution in [0.4, 0.5) is 0 Å². The molecule has 0 spiro atoms. The number of halogens is 3. The molecule has 0 aromatic heterocycles. The quantitative estimate of drug-likeness (QED) is 0.0460. The first kappa shape index (κ1) is 57.4. The monoisotopic (exact) mass is 942 g/mol. The van der Waals surface area contributed by atoms with Crippen molar-refractivity contribution >= 4 is 109 Å². The predicted molar refractivity (Wildman–Crippen MR) is 234 cm³/mol. The van der Waals surface area contributed by atoms with E-state index in [1.807, 2.05) is 12.1 Å². The molecule has 58 heavy (non-hydrogen) atoms. The number of nitriles is 1. The molecule has 8 nitrogen and oxygen atoms in total. The first-order chi connectivity index (χ1) is 27.2. The maximum absolute atomic E-state index is 12.4. The fourth-order valence-electron chi connectivity index (χ4n) is 6.37. The summed E-state index contributed by atoms with van der Waals surface area (Å²) in [5.74, 6) is 1.86. The fraction of sp³-hybridized carbons (Fsp3) is 0.378. The van der Waals surface area contributed by atoms with Crippen LogP contribution in [0.25, 0.3) is 0 Å². The van der Waals surface area contributed by atoms with Crippen LogP contribution in [0.3, 0.4) is 0 Å². The number of likely N-dealkylation sites (tertiary alicyclic amines) is 1. The van der Waals surface area contributed by atoms with Crippen LogP contribution in [0, 0.1) is 23.2 Å². The topological polar surface area (TPSA) is 123 Å². The zero-order chi connectivity index (χ0) is 40.8. The van der Waals surface area contributed by atoms with Crippen molar-refractivity contribution in [1.82, 2.24) is 10.2 Å². The Morgan fingerprint density at radius 2 is 1.28 bits per heavy atom. The minimum absolute atomic E-state index is 0. The maximum Gasteiger partial charge on any atom is 1.00 e. The summed E-state index contributed by atoms with van der Waals surface area (Å²) in [5, 5.41) is 20.9. The van der Waals surface area contributed by atoms with Gasteiger partial charge in [-0.3, -0.25) is 19.3 Å². The molecule has 0 amide bonds. The second kappa shape index (κ2) is 37.0. The molecule has 4 aromatic carbocycles.